The number of hydrogen-bond donors (Lipinski definition) is 1. The SMILES string of the molecule is CN(C(=O)OC(C)(C)C)C1CCN(C(=O)OC(C)(C)C)CC1O. The van der Waals surface area contributed by atoms with Gasteiger partial charge in [-0.1, -0.05) is 0 Å². The standard InChI is InChI=1S/C16H30N2O5/c1-15(2,3)22-13(20)17(7)11-8-9-18(10-12(11)19)14(21)23-16(4,5)6/h11-12,19H,8-10H2,1-7H3. The van der Waals surface area contributed by atoms with Crippen LogP contribution in [0.15, 0.2) is 0 Å². The fraction of sp³-hybridized carbons (Fsp3) is 0.875. The van der Waals surface area contributed by atoms with Crippen LogP contribution in [0.1, 0.15) is 48.0 Å². The lowest BCUT2D eigenvalue weighted by molar-refractivity contribution is -0.0332. The second-order valence-corrected chi connectivity index (χ2v) is 7.94. The van der Waals surface area contributed by atoms with Crippen molar-refractivity contribution in [1.82, 2.24) is 9.80 Å². The summed E-state index contributed by atoms with van der Waals surface area (Å²) in [4.78, 5) is 27.0. The Hall–Kier alpha value is -1.50. The number of likely N-dealkylation sites (tertiary alicyclic amines) is 1. The van der Waals surface area contributed by atoms with Gasteiger partial charge in [0, 0.05) is 13.6 Å². The number of nitrogens with zero attached hydrogens (tertiary/aromatic N) is 2. The molecule has 1 fully saturated rings. The maximum atomic E-state index is 12.1. The van der Waals surface area contributed by atoms with E-state index in [1.54, 1.807) is 48.6 Å². The zero-order valence-electron chi connectivity index (χ0n) is 15.3. The van der Waals surface area contributed by atoms with Gasteiger partial charge in [-0.3, -0.25) is 0 Å². The number of hydrogen-bond acceptors (Lipinski definition) is 5. The van der Waals surface area contributed by atoms with Crippen molar-refractivity contribution in [2.45, 2.75) is 71.3 Å². The summed E-state index contributed by atoms with van der Waals surface area (Å²) in [7, 11) is 1.60. The van der Waals surface area contributed by atoms with Crippen molar-refractivity contribution in [2.75, 3.05) is 20.1 Å². The monoisotopic (exact) mass is 330 g/mol. The summed E-state index contributed by atoms with van der Waals surface area (Å²) in [5.41, 5.74) is -1.17. The molecule has 2 amide bonds. The Labute approximate surface area is 138 Å². The zero-order valence-corrected chi connectivity index (χ0v) is 15.3. The zero-order chi connectivity index (χ0) is 18.0. The van der Waals surface area contributed by atoms with Crippen LogP contribution in [0.5, 0.6) is 0 Å². The Kier molecular flexibility index (Phi) is 5.90. The highest BCUT2D eigenvalue weighted by Crippen LogP contribution is 2.20. The first-order valence-electron chi connectivity index (χ1n) is 7.92. The predicted octanol–water partition coefficient (Wildman–Crippen LogP) is 2.22. The number of aliphatic hydroxyl groups is 1. The molecule has 23 heavy (non-hydrogen) atoms. The van der Waals surface area contributed by atoms with Gasteiger partial charge >= 0.3 is 12.2 Å². The minimum absolute atomic E-state index is 0.132. The second-order valence-electron chi connectivity index (χ2n) is 7.94. The Morgan fingerprint density at radius 2 is 1.61 bits per heavy atom. The highest BCUT2D eigenvalue weighted by atomic mass is 16.6. The van der Waals surface area contributed by atoms with E-state index in [2.05, 4.69) is 0 Å². The third kappa shape index (κ3) is 6.25. The van der Waals surface area contributed by atoms with E-state index in [1.807, 2.05) is 0 Å². The van der Waals surface area contributed by atoms with Gasteiger partial charge in [-0.25, -0.2) is 9.59 Å². The topological polar surface area (TPSA) is 79.3 Å². The maximum absolute atomic E-state index is 12.1. The lowest BCUT2D eigenvalue weighted by Gasteiger charge is -2.40. The van der Waals surface area contributed by atoms with Gasteiger partial charge in [-0.2, -0.15) is 0 Å². The number of amides is 2. The molecule has 1 heterocycles. The fourth-order valence-electron chi connectivity index (χ4n) is 2.33. The average molecular weight is 330 g/mol. The molecule has 1 aliphatic rings. The highest BCUT2D eigenvalue weighted by Gasteiger charge is 2.37. The van der Waals surface area contributed by atoms with Crippen molar-refractivity contribution in [3.63, 3.8) is 0 Å². The first kappa shape index (κ1) is 19.5. The van der Waals surface area contributed by atoms with Gasteiger partial charge in [0.25, 0.3) is 0 Å². The fourth-order valence-corrected chi connectivity index (χ4v) is 2.33. The Morgan fingerprint density at radius 1 is 1.09 bits per heavy atom. The molecular weight excluding hydrogens is 300 g/mol. The number of carbonyl (C=O) groups is 2. The molecular formula is C16H30N2O5. The van der Waals surface area contributed by atoms with E-state index in [0.717, 1.165) is 0 Å². The van der Waals surface area contributed by atoms with Crippen LogP contribution in [0, 0.1) is 0 Å². The molecule has 0 spiro atoms. The van der Waals surface area contributed by atoms with E-state index in [0.29, 0.717) is 13.0 Å². The summed E-state index contributed by atoms with van der Waals surface area (Å²) in [6.07, 6.45) is -1.30. The quantitative estimate of drug-likeness (QED) is 0.797. The minimum atomic E-state index is -0.839. The summed E-state index contributed by atoms with van der Waals surface area (Å²) in [6.45, 7) is 11.3. The van der Waals surface area contributed by atoms with Crippen LogP contribution in [0.3, 0.4) is 0 Å². The lowest BCUT2D eigenvalue weighted by atomic mass is 10.0. The van der Waals surface area contributed by atoms with E-state index in [-0.39, 0.29) is 12.6 Å². The van der Waals surface area contributed by atoms with Gasteiger partial charge in [-0.15, -0.1) is 0 Å². The molecule has 0 aliphatic carbocycles. The maximum Gasteiger partial charge on any atom is 0.410 e. The van der Waals surface area contributed by atoms with Gasteiger partial charge in [0.15, 0.2) is 0 Å². The third-order valence-corrected chi connectivity index (χ3v) is 3.38. The number of β-amino-alcohol motifs (C(OH)–C–C–N with tert-alkyl or cyclic N) is 1. The van der Waals surface area contributed by atoms with E-state index in [1.165, 1.54) is 9.80 Å². The van der Waals surface area contributed by atoms with Crippen molar-refractivity contribution >= 4 is 12.2 Å². The summed E-state index contributed by atoms with van der Waals surface area (Å²) in [5, 5.41) is 10.3. The molecule has 0 radical (unpaired) electrons. The van der Waals surface area contributed by atoms with Crippen molar-refractivity contribution in [2.24, 2.45) is 0 Å². The van der Waals surface area contributed by atoms with Crippen LogP contribution < -0.4 is 0 Å². The van der Waals surface area contributed by atoms with Crippen LogP contribution >= 0.6 is 0 Å². The summed E-state index contributed by atoms with van der Waals surface area (Å²) in [6, 6.07) is -0.386. The van der Waals surface area contributed by atoms with Crippen LogP contribution in [0.2, 0.25) is 0 Å². The minimum Gasteiger partial charge on any atom is -0.444 e. The van der Waals surface area contributed by atoms with Crippen molar-refractivity contribution in [1.29, 1.82) is 0 Å². The average Bonchev–Trinajstić information content (AvgIpc) is 2.33. The molecule has 7 nitrogen and oxygen atoms in total. The second kappa shape index (κ2) is 6.95. The Bertz CT molecular complexity index is 439. The summed E-state index contributed by atoms with van der Waals surface area (Å²) >= 11 is 0. The molecule has 0 aromatic rings. The molecule has 2 unspecified atom stereocenters. The van der Waals surface area contributed by atoms with Crippen LogP contribution in [-0.2, 0) is 9.47 Å². The molecule has 1 rings (SSSR count). The normalized spacial score (nSPS) is 22.5. The summed E-state index contributed by atoms with van der Waals surface area (Å²) < 4.78 is 10.6. The molecule has 0 bridgehead atoms. The molecule has 0 aromatic heterocycles. The highest BCUT2D eigenvalue weighted by molar-refractivity contribution is 5.69. The van der Waals surface area contributed by atoms with Gasteiger partial charge < -0.3 is 24.4 Å². The van der Waals surface area contributed by atoms with Crippen molar-refractivity contribution < 1.29 is 24.2 Å². The van der Waals surface area contributed by atoms with Gasteiger partial charge in [-0.05, 0) is 48.0 Å². The molecule has 1 aliphatic heterocycles. The van der Waals surface area contributed by atoms with Crippen LogP contribution in [0.4, 0.5) is 9.59 Å². The first-order chi connectivity index (χ1) is 10.3. The largest absolute Gasteiger partial charge is 0.444 e. The predicted molar refractivity (Wildman–Crippen MR) is 86.2 cm³/mol. The molecule has 7 heteroatoms. The van der Waals surface area contributed by atoms with Crippen LogP contribution in [0.25, 0.3) is 0 Å². The number of ether oxygens (including phenoxy) is 2. The van der Waals surface area contributed by atoms with E-state index >= 15 is 0 Å². The van der Waals surface area contributed by atoms with Crippen molar-refractivity contribution in [3.05, 3.63) is 0 Å². The summed E-state index contributed by atoms with van der Waals surface area (Å²) in [5.74, 6) is 0. The molecule has 2 atom stereocenters. The van der Waals surface area contributed by atoms with Gasteiger partial charge in [0.1, 0.15) is 11.2 Å². The van der Waals surface area contributed by atoms with E-state index in [9.17, 15) is 14.7 Å². The van der Waals surface area contributed by atoms with Gasteiger partial charge in [0.2, 0.25) is 0 Å². The number of piperidine rings is 1. The first-order valence-corrected chi connectivity index (χ1v) is 7.92. The van der Waals surface area contributed by atoms with Gasteiger partial charge in [0.05, 0.1) is 18.7 Å². The van der Waals surface area contributed by atoms with Crippen molar-refractivity contribution in [3.8, 4) is 0 Å². The number of aliphatic hydroxyl groups excluding tert-OH is 1. The molecule has 1 N–H and O–H groups in total. The Balaban J connectivity index is 2.62. The number of carbonyl (C=O) groups excluding carboxylic acids is 2. The lowest BCUT2D eigenvalue weighted by Crippen LogP contribution is -2.56. The number of rotatable bonds is 1. The Morgan fingerprint density at radius 3 is 2.04 bits per heavy atom. The molecule has 134 valence electrons. The number of likely N-dealkylation sites (N-methyl/N-ethyl adjacent to an activating group) is 1. The van der Waals surface area contributed by atoms with E-state index < -0.39 is 29.5 Å². The third-order valence-electron chi connectivity index (χ3n) is 3.38. The smallest absolute Gasteiger partial charge is 0.410 e. The molecule has 1 saturated heterocycles. The van der Waals surface area contributed by atoms with Crippen LogP contribution in [-0.4, -0.2) is 70.6 Å². The van der Waals surface area contributed by atoms with E-state index in [4.69, 9.17) is 9.47 Å². The molecule has 0 aromatic carbocycles. The molecule has 0 saturated carbocycles.